The molecule has 0 saturated carbocycles. The van der Waals surface area contributed by atoms with Crippen LogP contribution in [0.1, 0.15) is 55.6 Å². The molecule has 0 aromatic heterocycles. The van der Waals surface area contributed by atoms with Gasteiger partial charge in [0, 0.05) is 53.9 Å². The van der Waals surface area contributed by atoms with Crippen LogP contribution >= 0.6 is 0 Å². The number of methoxy groups -OCH3 is 1. The SMILES string of the molecule is C=CCOc1c(CC=C)cc(C2C3=C(CCCC3=O)N(C)C3=C2C(=O)CCC3)cc1OC. The van der Waals surface area contributed by atoms with E-state index in [9.17, 15) is 9.59 Å². The molecular formula is C27H31NO4. The third-order valence-corrected chi connectivity index (χ3v) is 6.66. The smallest absolute Gasteiger partial charge is 0.165 e. The number of carbonyl (C=O) groups excluding carboxylic acids is 2. The van der Waals surface area contributed by atoms with Gasteiger partial charge in [0.15, 0.2) is 23.1 Å². The van der Waals surface area contributed by atoms with Gasteiger partial charge in [0.25, 0.3) is 0 Å². The predicted octanol–water partition coefficient (Wildman–Crippen LogP) is 5.03. The van der Waals surface area contributed by atoms with E-state index in [2.05, 4.69) is 24.1 Å². The van der Waals surface area contributed by atoms with E-state index in [1.807, 2.05) is 19.2 Å². The van der Waals surface area contributed by atoms with Crippen LogP contribution in [0.15, 0.2) is 60.0 Å². The zero-order chi connectivity index (χ0) is 22.8. The largest absolute Gasteiger partial charge is 0.493 e. The number of hydrogen-bond donors (Lipinski definition) is 0. The van der Waals surface area contributed by atoms with Crippen molar-refractivity contribution >= 4 is 11.6 Å². The van der Waals surface area contributed by atoms with Crippen molar-refractivity contribution in [3.63, 3.8) is 0 Å². The van der Waals surface area contributed by atoms with Crippen molar-refractivity contribution in [2.75, 3.05) is 20.8 Å². The lowest BCUT2D eigenvalue weighted by Gasteiger charge is -2.42. The molecule has 0 fully saturated rings. The number of ketones is 2. The number of carbonyl (C=O) groups is 2. The third kappa shape index (κ3) is 3.70. The molecule has 0 spiro atoms. The minimum atomic E-state index is -0.359. The highest BCUT2D eigenvalue weighted by Crippen LogP contribution is 2.50. The monoisotopic (exact) mass is 433 g/mol. The molecule has 32 heavy (non-hydrogen) atoms. The van der Waals surface area contributed by atoms with Crippen molar-refractivity contribution in [1.82, 2.24) is 4.90 Å². The zero-order valence-electron chi connectivity index (χ0n) is 19.0. The van der Waals surface area contributed by atoms with E-state index in [4.69, 9.17) is 9.47 Å². The van der Waals surface area contributed by atoms with Crippen molar-refractivity contribution in [1.29, 1.82) is 0 Å². The fourth-order valence-electron chi connectivity index (χ4n) is 5.30. The molecule has 0 amide bonds. The lowest BCUT2D eigenvalue weighted by molar-refractivity contribution is -0.117. The van der Waals surface area contributed by atoms with E-state index >= 15 is 0 Å². The van der Waals surface area contributed by atoms with Crippen LogP contribution in [0.3, 0.4) is 0 Å². The first-order valence-corrected chi connectivity index (χ1v) is 11.3. The van der Waals surface area contributed by atoms with Gasteiger partial charge < -0.3 is 14.4 Å². The third-order valence-electron chi connectivity index (χ3n) is 6.66. The molecule has 3 aliphatic rings. The van der Waals surface area contributed by atoms with Crippen LogP contribution in [0.4, 0.5) is 0 Å². The lowest BCUT2D eigenvalue weighted by atomic mass is 9.71. The molecule has 1 aromatic carbocycles. The summed E-state index contributed by atoms with van der Waals surface area (Å²) in [6, 6.07) is 3.98. The number of Topliss-reactive ketones (excluding diaryl/α,β-unsaturated/α-hetero) is 2. The van der Waals surface area contributed by atoms with Gasteiger partial charge in [-0.15, -0.1) is 6.58 Å². The van der Waals surface area contributed by atoms with E-state index in [0.717, 1.165) is 59.4 Å². The van der Waals surface area contributed by atoms with E-state index < -0.39 is 0 Å². The zero-order valence-corrected chi connectivity index (χ0v) is 19.0. The molecule has 0 bridgehead atoms. The Balaban J connectivity index is 1.95. The highest BCUT2D eigenvalue weighted by Gasteiger charge is 2.42. The Bertz CT molecular complexity index is 1000. The van der Waals surface area contributed by atoms with Crippen LogP contribution in [0.25, 0.3) is 0 Å². The summed E-state index contributed by atoms with van der Waals surface area (Å²) in [6.45, 7) is 7.98. The summed E-state index contributed by atoms with van der Waals surface area (Å²) in [7, 11) is 3.62. The maximum Gasteiger partial charge on any atom is 0.165 e. The summed E-state index contributed by atoms with van der Waals surface area (Å²) in [5.41, 5.74) is 5.51. The standard InChI is InChI=1S/C27H31NO4/c1-5-9-17-15-18(16-23(31-4)27(17)32-14-6-2)24-25-19(10-7-12-21(25)29)28(3)20-11-8-13-22(30)26(20)24/h5-6,15-16,24H,1-2,7-14H2,3-4H3. The normalized spacial score (nSPS) is 19.0. The number of benzene rings is 1. The average molecular weight is 434 g/mol. The minimum absolute atomic E-state index is 0.143. The average Bonchev–Trinajstić information content (AvgIpc) is 2.79. The Morgan fingerprint density at radius 2 is 1.62 bits per heavy atom. The first-order valence-electron chi connectivity index (χ1n) is 11.3. The quantitative estimate of drug-likeness (QED) is 0.565. The number of rotatable bonds is 7. The molecule has 1 aliphatic heterocycles. The molecule has 0 saturated heterocycles. The lowest BCUT2D eigenvalue weighted by Crippen LogP contribution is -2.37. The topological polar surface area (TPSA) is 55.8 Å². The van der Waals surface area contributed by atoms with Crippen LogP contribution in [0, 0.1) is 0 Å². The molecule has 0 atom stereocenters. The van der Waals surface area contributed by atoms with Gasteiger partial charge in [-0.25, -0.2) is 0 Å². The van der Waals surface area contributed by atoms with E-state index in [-0.39, 0.29) is 17.5 Å². The molecule has 5 heteroatoms. The van der Waals surface area contributed by atoms with Gasteiger partial charge in [-0.1, -0.05) is 24.8 Å². The molecule has 0 unspecified atom stereocenters. The van der Waals surface area contributed by atoms with Crippen molar-refractivity contribution in [2.45, 2.75) is 50.9 Å². The van der Waals surface area contributed by atoms with Crippen LogP contribution < -0.4 is 9.47 Å². The number of allylic oxidation sites excluding steroid dienone is 5. The summed E-state index contributed by atoms with van der Waals surface area (Å²) < 4.78 is 11.6. The Morgan fingerprint density at radius 3 is 2.16 bits per heavy atom. The second-order valence-corrected chi connectivity index (χ2v) is 8.57. The van der Waals surface area contributed by atoms with E-state index in [1.165, 1.54) is 0 Å². The maximum atomic E-state index is 13.2. The van der Waals surface area contributed by atoms with Gasteiger partial charge in [0.1, 0.15) is 6.61 Å². The van der Waals surface area contributed by atoms with Crippen molar-refractivity contribution < 1.29 is 19.1 Å². The molecule has 0 N–H and O–H groups in total. The molecule has 168 valence electrons. The van der Waals surface area contributed by atoms with Crippen LogP contribution in [-0.2, 0) is 16.0 Å². The first-order chi connectivity index (χ1) is 15.5. The Hall–Kier alpha value is -3.08. The highest BCUT2D eigenvalue weighted by molar-refractivity contribution is 6.06. The minimum Gasteiger partial charge on any atom is -0.493 e. The Kier molecular flexibility index (Phi) is 6.35. The highest BCUT2D eigenvalue weighted by atomic mass is 16.5. The molecule has 5 nitrogen and oxygen atoms in total. The van der Waals surface area contributed by atoms with Crippen molar-refractivity contribution in [3.05, 3.63) is 71.1 Å². The van der Waals surface area contributed by atoms with Gasteiger partial charge in [-0.05, 0) is 43.7 Å². The van der Waals surface area contributed by atoms with Gasteiger partial charge in [-0.2, -0.15) is 0 Å². The first kappa shape index (κ1) is 22.1. The number of hydrogen-bond acceptors (Lipinski definition) is 5. The van der Waals surface area contributed by atoms with Crippen LogP contribution in [0.5, 0.6) is 11.5 Å². The van der Waals surface area contributed by atoms with E-state index in [0.29, 0.717) is 37.4 Å². The van der Waals surface area contributed by atoms with Crippen molar-refractivity contribution in [2.24, 2.45) is 0 Å². The molecular weight excluding hydrogens is 402 g/mol. The summed E-state index contributed by atoms with van der Waals surface area (Å²) in [5, 5.41) is 0. The fourth-order valence-corrected chi connectivity index (χ4v) is 5.30. The fraction of sp³-hybridized carbons (Fsp3) is 0.407. The van der Waals surface area contributed by atoms with Gasteiger partial charge >= 0.3 is 0 Å². The van der Waals surface area contributed by atoms with Crippen LogP contribution in [-0.4, -0.2) is 37.2 Å². The molecule has 0 radical (unpaired) electrons. The van der Waals surface area contributed by atoms with Gasteiger partial charge in [0.2, 0.25) is 0 Å². The molecule has 4 rings (SSSR count). The maximum absolute atomic E-state index is 13.2. The number of ether oxygens (including phenoxy) is 2. The second-order valence-electron chi connectivity index (χ2n) is 8.57. The summed E-state index contributed by atoms with van der Waals surface area (Å²) >= 11 is 0. The van der Waals surface area contributed by atoms with Gasteiger partial charge in [-0.3, -0.25) is 9.59 Å². The number of nitrogens with zero attached hydrogens (tertiary/aromatic N) is 1. The second kappa shape index (κ2) is 9.19. The summed E-state index contributed by atoms with van der Waals surface area (Å²) in [6.07, 6.45) is 8.57. The van der Waals surface area contributed by atoms with E-state index in [1.54, 1.807) is 13.2 Å². The molecule has 1 heterocycles. The summed E-state index contributed by atoms with van der Waals surface area (Å²) in [4.78, 5) is 28.5. The summed E-state index contributed by atoms with van der Waals surface area (Å²) in [5.74, 6) is 1.17. The Morgan fingerprint density at radius 1 is 1.00 bits per heavy atom. The molecule has 2 aliphatic carbocycles. The van der Waals surface area contributed by atoms with Gasteiger partial charge in [0.05, 0.1) is 7.11 Å². The van der Waals surface area contributed by atoms with Crippen LogP contribution in [0.2, 0.25) is 0 Å². The molecule has 1 aromatic rings. The Labute approximate surface area is 190 Å². The predicted molar refractivity (Wildman–Crippen MR) is 125 cm³/mol. The van der Waals surface area contributed by atoms with Crippen molar-refractivity contribution in [3.8, 4) is 11.5 Å².